The van der Waals surface area contributed by atoms with Crippen molar-refractivity contribution in [2.24, 2.45) is 11.8 Å². The fraction of sp³-hybridized carbons (Fsp3) is 1.00. The van der Waals surface area contributed by atoms with Gasteiger partial charge in [-0.15, -0.1) is 0 Å². The van der Waals surface area contributed by atoms with Crippen LogP contribution in [-0.4, -0.2) is 25.8 Å². The van der Waals surface area contributed by atoms with Crippen LogP contribution in [0.3, 0.4) is 0 Å². The average molecular weight is 241 g/mol. The van der Waals surface area contributed by atoms with Crippen LogP contribution in [0.25, 0.3) is 0 Å². The van der Waals surface area contributed by atoms with Gasteiger partial charge in [0.15, 0.2) is 0 Å². The molecule has 0 aromatic rings. The molecule has 0 heterocycles. The molecular formula is C15H31NO. The normalized spacial score (nSPS) is 21.2. The Labute approximate surface area is 108 Å². The number of nitrogens with one attached hydrogen (secondary N) is 1. The quantitative estimate of drug-likeness (QED) is 0.631. The van der Waals surface area contributed by atoms with Crippen molar-refractivity contribution in [2.75, 3.05) is 13.7 Å². The maximum absolute atomic E-state index is 5.75. The van der Waals surface area contributed by atoms with E-state index < -0.39 is 0 Å². The van der Waals surface area contributed by atoms with Gasteiger partial charge in [0.25, 0.3) is 0 Å². The van der Waals surface area contributed by atoms with E-state index in [2.05, 4.69) is 26.1 Å². The van der Waals surface area contributed by atoms with Crippen molar-refractivity contribution in [1.29, 1.82) is 0 Å². The monoisotopic (exact) mass is 241 g/mol. The molecule has 0 aliphatic heterocycles. The van der Waals surface area contributed by atoms with Crippen molar-refractivity contribution >= 4 is 0 Å². The highest BCUT2D eigenvalue weighted by Crippen LogP contribution is 2.37. The lowest BCUT2D eigenvalue weighted by atomic mass is 9.92. The number of rotatable bonds is 10. The lowest BCUT2D eigenvalue weighted by Gasteiger charge is -2.29. The summed E-state index contributed by atoms with van der Waals surface area (Å²) in [5.74, 6) is 1.63. The Morgan fingerprint density at radius 1 is 1.24 bits per heavy atom. The van der Waals surface area contributed by atoms with Crippen LogP contribution in [0.1, 0.15) is 59.3 Å². The Hall–Kier alpha value is -0.0800. The fourth-order valence-corrected chi connectivity index (χ4v) is 2.82. The Kier molecular flexibility index (Phi) is 7.14. The summed E-state index contributed by atoms with van der Waals surface area (Å²) in [6, 6.07) is 0.564. The van der Waals surface area contributed by atoms with Crippen LogP contribution in [0.5, 0.6) is 0 Å². The molecule has 1 fully saturated rings. The van der Waals surface area contributed by atoms with E-state index in [0.717, 1.165) is 18.4 Å². The molecule has 0 saturated heterocycles. The van der Waals surface area contributed by atoms with Crippen LogP contribution in [0.4, 0.5) is 0 Å². The van der Waals surface area contributed by atoms with Crippen LogP contribution in [0.2, 0.25) is 0 Å². The van der Waals surface area contributed by atoms with Gasteiger partial charge in [-0.05, 0) is 44.1 Å². The molecule has 1 rings (SSSR count). The Balaban J connectivity index is 2.45. The predicted molar refractivity (Wildman–Crippen MR) is 74.3 cm³/mol. The first-order valence-corrected chi connectivity index (χ1v) is 7.49. The first-order valence-electron chi connectivity index (χ1n) is 7.49. The summed E-state index contributed by atoms with van der Waals surface area (Å²) < 4.78 is 5.75. The third-order valence-corrected chi connectivity index (χ3v) is 3.85. The summed E-state index contributed by atoms with van der Waals surface area (Å²) in [5, 5.41) is 3.71. The molecule has 2 heteroatoms. The van der Waals surface area contributed by atoms with Crippen LogP contribution in [0.15, 0.2) is 0 Å². The van der Waals surface area contributed by atoms with E-state index in [1.807, 2.05) is 7.11 Å². The second kappa shape index (κ2) is 8.10. The molecule has 3 unspecified atom stereocenters. The Morgan fingerprint density at radius 3 is 2.41 bits per heavy atom. The van der Waals surface area contributed by atoms with Gasteiger partial charge in [-0.1, -0.05) is 33.6 Å². The third-order valence-electron chi connectivity index (χ3n) is 3.85. The summed E-state index contributed by atoms with van der Waals surface area (Å²) in [7, 11) is 1.88. The van der Waals surface area contributed by atoms with Crippen molar-refractivity contribution in [1.82, 2.24) is 5.32 Å². The lowest BCUT2D eigenvalue weighted by Crippen LogP contribution is -2.43. The maximum atomic E-state index is 5.75. The predicted octanol–water partition coefficient (Wildman–Crippen LogP) is 3.61. The summed E-state index contributed by atoms with van der Waals surface area (Å²) in [4.78, 5) is 0. The van der Waals surface area contributed by atoms with Crippen LogP contribution in [0, 0.1) is 11.8 Å². The van der Waals surface area contributed by atoms with Crippen LogP contribution < -0.4 is 5.32 Å². The van der Waals surface area contributed by atoms with Gasteiger partial charge >= 0.3 is 0 Å². The largest absolute Gasteiger partial charge is 0.380 e. The average Bonchev–Trinajstić information content (AvgIpc) is 3.11. The molecule has 1 aliphatic carbocycles. The van der Waals surface area contributed by atoms with Crippen molar-refractivity contribution in [3.63, 3.8) is 0 Å². The molecule has 17 heavy (non-hydrogen) atoms. The number of methoxy groups -OCH3 is 1. The van der Waals surface area contributed by atoms with Crippen LogP contribution in [-0.2, 0) is 4.74 Å². The van der Waals surface area contributed by atoms with Gasteiger partial charge in [-0.2, -0.15) is 0 Å². The highest BCUT2D eigenvalue weighted by atomic mass is 16.5. The van der Waals surface area contributed by atoms with E-state index in [9.17, 15) is 0 Å². The maximum Gasteiger partial charge on any atom is 0.0752 e. The summed E-state index contributed by atoms with van der Waals surface area (Å²) in [6.45, 7) is 8.01. The molecule has 0 aromatic carbocycles. The van der Waals surface area contributed by atoms with Crippen molar-refractivity contribution < 1.29 is 4.74 Å². The molecule has 0 spiro atoms. The van der Waals surface area contributed by atoms with Gasteiger partial charge in [-0.25, -0.2) is 0 Å². The molecule has 0 bridgehead atoms. The molecule has 1 N–H and O–H groups in total. The van der Waals surface area contributed by atoms with E-state index in [1.54, 1.807) is 0 Å². The first kappa shape index (κ1) is 15.0. The lowest BCUT2D eigenvalue weighted by molar-refractivity contribution is 0.0433. The van der Waals surface area contributed by atoms with Gasteiger partial charge in [0.2, 0.25) is 0 Å². The minimum absolute atomic E-state index is 0.445. The highest BCUT2D eigenvalue weighted by Gasteiger charge is 2.36. The van der Waals surface area contributed by atoms with Gasteiger partial charge in [0, 0.05) is 13.2 Å². The molecular weight excluding hydrogens is 210 g/mol. The molecule has 2 nitrogen and oxygen atoms in total. The molecule has 0 radical (unpaired) electrons. The Morgan fingerprint density at radius 2 is 1.94 bits per heavy atom. The van der Waals surface area contributed by atoms with E-state index in [4.69, 9.17) is 4.74 Å². The van der Waals surface area contributed by atoms with Gasteiger partial charge in [0.05, 0.1) is 6.10 Å². The third kappa shape index (κ3) is 5.39. The molecule has 3 atom stereocenters. The van der Waals surface area contributed by atoms with Crippen molar-refractivity contribution in [3.8, 4) is 0 Å². The standard InChI is InChI=1S/C15H31NO/c1-5-7-12(3)11-14(16-10-6-2)15(17-4)13-8-9-13/h12-16H,5-11H2,1-4H3. The number of hydrogen-bond donors (Lipinski definition) is 1. The summed E-state index contributed by atoms with van der Waals surface area (Å²) in [6.07, 6.45) is 8.29. The molecule has 0 aromatic heterocycles. The van der Waals surface area contributed by atoms with Gasteiger partial charge < -0.3 is 10.1 Å². The van der Waals surface area contributed by atoms with Crippen molar-refractivity contribution in [3.05, 3.63) is 0 Å². The van der Waals surface area contributed by atoms with Crippen LogP contribution >= 0.6 is 0 Å². The summed E-state index contributed by atoms with van der Waals surface area (Å²) in [5.41, 5.74) is 0. The minimum atomic E-state index is 0.445. The zero-order valence-corrected chi connectivity index (χ0v) is 12.2. The van der Waals surface area contributed by atoms with E-state index in [-0.39, 0.29) is 0 Å². The second-order valence-corrected chi connectivity index (χ2v) is 5.73. The van der Waals surface area contributed by atoms with Gasteiger partial charge in [-0.3, -0.25) is 0 Å². The summed E-state index contributed by atoms with van der Waals surface area (Å²) >= 11 is 0. The zero-order chi connectivity index (χ0) is 12.7. The molecule has 1 saturated carbocycles. The molecule has 102 valence electrons. The SMILES string of the molecule is CCCNC(CC(C)CCC)C(OC)C1CC1. The zero-order valence-electron chi connectivity index (χ0n) is 12.2. The molecule has 1 aliphatic rings. The fourth-order valence-electron chi connectivity index (χ4n) is 2.82. The second-order valence-electron chi connectivity index (χ2n) is 5.73. The first-order chi connectivity index (χ1) is 8.22. The number of ether oxygens (including phenoxy) is 1. The van der Waals surface area contributed by atoms with E-state index in [0.29, 0.717) is 12.1 Å². The number of hydrogen-bond acceptors (Lipinski definition) is 2. The smallest absolute Gasteiger partial charge is 0.0752 e. The minimum Gasteiger partial charge on any atom is -0.380 e. The Bertz CT molecular complexity index is 191. The topological polar surface area (TPSA) is 21.3 Å². The van der Waals surface area contributed by atoms with E-state index >= 15 is 0 Å². The molecule has 0 amide bonds. The van der Waals surface area contributed by atoms with Gasteiger partial charge in [0.1, 0.15) is 0 Å². The van der Waals surface area contributed by atoms with Crippen molar-refractivity contribution in [2.45, 2.75) is 71.4 Å². The highest BCUT2D eigenvalue weighted by molar-refractivity contribution is 4.90. The van der Waals surface area contributed by atoms with E-state index in [1.165, 1.54) is 38.5 Å².